The summed E-state index contributed by atoms with van der Waals surface area (Å²) in [6, 6.07) is 46.2. The van der Waals surface area contributed by atoms with Gasteiger partial charge in [-0.3, -0.25) is 0 Å². The topological polar surface area (TPSA) is 55.4 Å². The Morgan fingerprint density at radius 2 is 0.538 bits per heavy atom. The summed E-state index contributed by atoms with van der Waals surface area (Å²) in [6.07, 6.45) is 3.00. The van der Waals surface area contributed by atoms with Gasteiger partial charge in [-0.05, 0) is 68.8 Å². The Balaban J connectivity index is 1.18. The van der Waals surface area contributed by atoms with Crippen LogP contribution in [0.3, 0.4) is 0 Å². The smallest absolute Gasteiger partial charge is 0.161 e. The average molecular weight is 691 g/mol. The quantitative estimate of drug-likeness (QED) is 0.158. The van der Waals surface area contributed by atoms with Crippen molar-refractivity contribution in [3.8, 4) is 34.5 Å². The van der Waals surface area contributed by atoms with Crippen LogP contribution in [-0.4, -0.2) is 39.6 Å². The standard InChI is InChI=1S/C46H42O6/c1-3-19-43-41(17-1)47-21-22-48-42-18-2-4-20-44(42)50-24-26-52-46-39-15-8-16-40(46)32-36-12-6-10-34(28-36)30-38-14-7-13-37(45(38)51-25-23-49-43)29-33-9-5-11-35(27-33)31-39/h1-20,27-28H,21-26,29-32H2. The van der Waals surface area contributed by atoms with Crippen LogP contribution >= 0.6 is 0 Å². The molecule has 10 bridgehead atoms. The van der Waals surface area contributed by atoms with E-state index in [0.717, 1.165) is 59.4 Å². The van der Waals surface area contributed by atoms with Crippen molar-refractivity contribution >= 4 is 0 Å². The van der Waals surface area contributed by atoms with E-state index in [1.807, 2.05) is 48.5 Å². The molecule has 1 aliphatic carbocycles. The third kappa shape index (κ3) is 8.02. The summed E-state index contributed by atoms with van der Waals surface area (Å²) in [5.74, 6) is 4.48. The number of ether oxygens (including phenoxy) is 6. The molecule has 2 heterocycles. The largest absolute Gasteiger partial charge is 0.489 e. The Kier molecular flexibility index (Phi) is 10.2. The monoisotopic (exact) mass is 690 g/mol. The summed E-state index contributed by atoms with van der Waals surface area (Å²) < 4.78 is 38.0. The highest BCUT2D eigenvalue weighted by Crippen LogP contribution is 2.34. The molecule has 6 nitrogen and oxygen atoms in total. The fraction of sp³-hybridized carbons (Fsp3) is 0.217. The first kappa shape index (κ1) is 33.3. The van der Waals surface area contributed by atoms with Gasteiger partial charge in [0.1, 0.15) is 51.1 Å². The minimum Gasteiger partial charge on any atom is -0.489 e. The van der Waals surface area contributed by atoms with E-state index in [9.17, 15) is 0 Å². The van der Waals surface area contributed by atoms with Crippen molar-refractivity contribution in [3.05, 3.63) is 178 Å². The van der Waals surface area contributed by atoms with Gasteiger partial charge in [-0.25, -0.2) is 0 Å². The minimum absolute atomic E-state index is 0.339. The zero-order chi connectivity index (χ0) is 35.0. The number of benzene rings is 6. The molecule has 52 heavy (non-hydrogen) atoms. The van der Waals surface area contributed by atoms with Crippen molar-refractivity contribution in [1.82, 2.24) is 0 Å². The molecule has 0 N–H and O–H groups in total. The molecule has 0 fully saturated rings. The Hall–Kier alpha value is -5.88. The summed E-state index contributed by atoms with van der Waals surface area (Å²) in [6.45, 7) is 2.18. The van der Waals surface area contributed by atoms with Gasteiger partial charge >= 0.3 is 0 Å². The van der Waals surface area contributed by atoms with Crippen LogP contribution in [0.1, 0.15) is 44.5 Å². The Morgan fingerprint density at radius 3 is 0.846 bits per heavy atom. The first-order chi connectivity index (χ1) is 25.7. The van der Waals surface area contributed by atoms with E-state index in [2.05, 4.69) is 84.9 Å². The van der Waals surface area contributed by atoms with E-state index in [1.54, 1.807) is 0 Å². The molecule has 0 spiro atoms. The fourth-order valence-electron chi connectivity index (χ4n) is 7.05. The van der Waals surface area contributed by atoms with Gasteiger partial charge in [-0.15, -0.1) is 0 Å². The van der Waals surface area contributed by atoms with Crippen LogP contribution in [0, 0.1) is 0 Å². The maximum absolute atomic E-state index is 6.65. The van der Waals surface area contributed by atoms with Gasteiger partial charge < -0.3 is 28.4 Å². The second kappa shape index (κ2) is 16.0. The summed E-state index contributed by atoms with van der Waals surface area (Å²) in [7, 11) is 0. The molecule has 6 heteroatoms. The van der Waals surface area contributed by atoms with Crippen molar-refractivity contribution in [2.45, 2.75) is 25.7 Å². The van der Waals surface area contributed by atoms with Crippen LogP contribution in [0.15, 0.2) is 133 Å². The number of hydrogen-bond acceptors (Lipinski definition) is 6. The molecule has 0 saturated heterocycles. The molecule has 6 aromatic rings. The van der Waals surface area contributed by atoms with Crippen molar-refractivity contribution < 1.29 is 28.4 Å². The highest BCUT2D eigenvalue weighted by Gasteiger charge is 2.17. The van der Waals surface area contributed by atoms with Crippen molar-refractivity contribution in [3.63, 3.8) is 0 Å². The van der Waals surface area contributed by atoms with Crippen molar-refractivity contribution in [1.29, 1.82) is 0 Å². The van der Waals surface area contributed by atoms with Crippen LogP contribution in [0.4, 0.5) is 0 Å². The highest BCUT2D eigenvalue weighted by atomic mass is 16.6. The second-order valence-corrected chi connectivity index (χ2v) is 13.1. The molecule has 6 aromatic carbocycles. The maximum Gasteiger partial charge on any atom is 0.161 e. The van der Waals surface area contributed by atoms with Crippen LogP contribution in [0.2, 0.25) is 0 Å². The molecule has 262 valence electrons. The third-order valence-electron chi connectivity index (χ3n) is 9.39. The number of hydrogen-bond donors (Lipinski definition) is 0. The lowest BCUT2D eigenvalue weighted by atomic mass is 9.92. The Labute approximate surface area is 305 Å². The molecule has 0 aromatic heterocycles. The normalized spacial score (nSPS) is 14.7. The summed E-state index contributed by atoms with van der Waals surface area (Å²) in [5, 5.41) is 0. The van der Waals surface area contributed by atoms with E-state index >= 15 is 0 Å². The molecule has 3 aliphatic rings. The van der Waals surface area contributed by atoms with E-state index in [4.69, 9.17) is 28.4 Å². The molecular formula is C46H42O6. The predicted octanol–water partition coefficient (Wildman–Crippen LogP) is 9.05. The number of para-hydroxylation sites is 6. The van der Waals surface area contributed by atoms with Crippen molar-refractivity contribution in [2.75, 3.05) is 39.6 Å². The third-order valence-corrected chi connectivity index (χ3v) is 9.39. The molecule has 0 radical (unpaired) electrons. The van der Waals surface area contributed by atoms with Crippen LogP contribution in [0.25, 0.3) is 0 Å². The Morgan fingerprint density at radius 1 is 0.269 bits per heavy atom. The summed E-state index contributed by atoms with van der Waals surface area (Å²) in [5.41, 5.74) is 9.53. The molecule has 0 atom stereocenters. The zero-order valence-electron chi connectivity index (χ0n) is 29.2. The van der Waals surface area contributed by atoms with Crippen LogP contribution in [0.5, 0.6) is 34.5 Å². The van der Waals surface area contributed by atoms with E-state index < -0.39 is 0 Å². The van der Waals surface area contributed by atoms with Crippen molar-refractivity contribution in [2.24, 2.45) is 0 Å². The zero-order valence-corrected chi connectivity index (χ0v) is 29.2. The van der Waals surface area contributed by atoms with Gasteiger partial charge in [0, 0.05) is 25.7 Å². The average Bonchev–Trinajstić information content (AvgIpc) is 3.16. The molecule has 2 aliphatic heterocycles. The second-order valence-electron chi connectivity index (χ2n) is 13.1. The predicted molar refractivity (Wildman–Crippen MR) is 203 cm³/mol. The number of rotatable bonds is 0. The first-order valence-electron chi connectivity index (χ1n) is 18.1. The molecule has 0 saturated carbocycles. The summed E-state index contributed by atoms with van der Waals surface area (Å²) in [4.78, 5) is 0. The van der Waals surface area contributed by atoms with Gasteiger partial charge in [-0.2, -0.15) is 0 Å². The summed E-state index contributed by atoms with van der Waals surface area (Å²) >= 11 is 0. The lowest BCUT2D eigenvalue weighted by Gasteiger charge is -2.19. The first-order valence-corrected chi connectivity index (χ1v) is 18.1. The van der Waals surface area contributed by atoms with E-state index in [1.165, 1.54) is 22.3 Å². The van der Waals surface area contributed by atoms with E-state index in [0.29, 0.717) is 62.6 Å². The molecular weight excluding hydrogens is 648 g/mol. The maximum atomic E-state index is 6.65. The van der Waals surface area contributed by atoms with Gasteiger partial charge in [-0.1, -0.05) is 109 Å². The van der Waals surface area contributed by atoms with Gasteiger partial charge in [0.25, 0.3) is 0 Å². The van der Waals surface area contributed by atoms with Gasteiger partial charge in [0.05, 0.1) is 0 Å². The number of fused-ring (bicyclic) bond motifs is 9. The fourth-order valence-corrected chi connectivity index (χ4v) is 7.05. The Bertz CT molecular complexity index is 1910. The molecule has 9 rings (SSSR count). The lowest BCUT2D eigenvalue weighted by molar-refractivity contribution is 0.182. The van der Waals surface area contributed by atoms with Crippen LogP contribution < -0.4 is 28.4 Å². The molecule has 0 unspecified atom stereocenters. The van der Waals surface area contributed by atoms with E-state index in [-0.39, 0.29) is 0 Å². The minimum atomic E-state index is 0.339. The molecule has 0 amide bonds. The highest BCUT2D eigenvalue weighted by molar-refractivity contribution is 5.50. The van der Waals surface area contributed by atoms with Crippen LogP contribution in [-0.2, 0) is 25.7 Å². The lowest BCUT2D eigenvalue weighted by Crippen LogP contribution is -2.14. The van der Waals surface area contributed by atoms with Gasteiger partial charge in [0.15, 0.2) is 23.0 Å². The SMILES string of the molecule is c1cc2cc(c1)Cc1cccc3c1OCCOc1ccccc1OCCOc1ccccc1OCCOc1c(cccc1Cc1cccc(c1)C3)C2. The van der Waals surface area contributed by atoms with Gasteiger partial charge in [0.2, 0.25) is 0 Å².